The van der Waals surface area contributed by atoms with Gasteiger partial charge in [-0.15, -0.1) is 0 Å². The highest BCUT2D eigenvalue weighted by atomic mass is 35.5. The van der Waals surface area contributed by atoms with E-state index in [0.29, 0.717) is 10.7 Å². The Labute approximate surface area is 137 Å². The average molecular weight is 329 g/mol. The van der Waals surface area contributed by atoms with Crippen molar-refractivity contribution in [1.82, 2.24) is 9.97 Å². The lowest BCUT2D eigenvalue weighted by atomic mass is 10.2. The topological polar surface area (TPSA) is 61.3 Å². The molecule has 0 atom stereocenters. The van der Waals surface area contributed by atoms with Crippen LogP contribution >= 0.6 is 11.6 Å². The Morgan fingerprint density at radius 3 is 2.78 bits per heavy atom. The van der Waals surface area contributed by atoms with E-state index < -0.39 is 5.97 Å². The highest BCUT2D eigenvalue weighted by Gasteiger charge is 2.10. The van der Waals surface area contributed by atoms with Gasteiger partial charge in [0.05, 0.1) is 12.6 Å². The molecule has 1 aromatic carbocycles. The average Bonchev–Trinajstić information content (AvgIpc) is 2.60. The maximum atomic E-state index is 12.1. The van der Waals surface area contributed by atoms with E-state index in [4.69, 9.17) is 21.1 Å². The number of pyridine rings is 2. The monoisotopic (exact) mass is 328 g/mol. The first-order valence-electron chi connectivity index (χ1n) is 6.88. The summed E-state index contributed by atoms with van der Waals surface area (Å²) in [5, 5.41) is 1.29. The number of esters is 1. The summed E-state index contributed by atoms with van der Waals surface area (Å²) in [7, 11) is 1.60. The molecule has 0 aliphatic heterocycles. The normalized spacial score (nSPS) is 10.5. The molecule has 0 spiro atoms. The lowest BCUT2D eigenvalue weighted by molar-refractivity contribution is 0.0466. The second-order valence-corrected chi connectivity index (χ2v) is 5.21. The van der Waals surface area contributed by atoms with E-state index in [9.17, 15) is 4.79 Å². The number of nitrogens with zero attached hydrogens (tertiary/aromatic N) is 2. The van der Waals surface area contributed by atoms with E-state index in [2.05, 4.69) is 9.97 Å². The molecule has 23 heavy (non-hydrogen) atoms. The largest absolute Gasteiger partial charge is 0.497 e. The van der Waals surface area contributed by atoms with Gasteiger partial charge in [0.25, 0.3) is 0 Å². The lowest BCUT2D eigenvalue weighted by Gasteiger charge is -2.06. The SMILES string of the molecule is COc1ccc2nc(C(=O)OCc3ccc(Cl)nc3)ccc2c1. The third kappa shape index (κ3) is 3.57. The number of hydrogen-bond donors (Lipinski definition) is 0. The molecule has 0 bridgehead atoms. The summed E-state index contributed by atoms with van der Waals surface area (Å²) < 4.78 is 10.4. The van der Waals surface area contributed by atoms with E-state index in [1.807, 2.05) is 12.1 Å². The van der Waals surface area contributed by atoms with E-state index in [1.165, 1.54) is 0 Å². The van der Waals surface area contributed by atoms with Gasteiger partial charge in [-0.3, -0.25) is 0 Å². The van der Waals surface area contributed by atoms with E-state index in [-0.39, 0.29) is 12.3 Å². The Morgan fingerprint density at radius 2 is 2.04 bits per heavy atom. The highest BCUT2D eigenvalue weighted by Crippen LogP contribution is 2.20. The van der Waals surface area contributed by atoms with Crippen molar-refractivity contribution < 1.29 is 14.3 Å². The van der Waals surface area contributed by atoms with Crippen molar-refractivity contribution in [3.63, 3.8) is 0 Å². The third-order valence-electron chi connectivity index (χ3n) is 3.26. The summed E-state index contributed by atoms with van der Waals surface area (Å²) in [6.07, 6.45) is 1.57. The zero-order valence-electron chi connectivity index (χ0n) is 12.3. The minimum Gasteiger partial charge on any atom is -0.497 e. The van der Waals surface area contributed by atoms with Gasteiger partial charge < -0.3 is 9.47 Å². The van der Waals surface area contributed by atoms with Crippen molar-refractivity contribution >= 4 is 28.5 Å². The van der Waals surface area contributed by atoms with E-state index >= 15 is 0 Å². The number of ether oxygens (including phenoxy) is 2. The van der Waals surface area contributed by atoms with E-state index in [1.54, 1.807) is 43.6 Å². The number of carbonyl (C=O) groups is 1. The lowest BCUT2D eigenvalue weighted by Crippen LogP contribution is -2.07. The van der Waals surface area contributed by atoms with Gasteiger partial charge in [-0.1, -0.05) is 23.7 Å². The van der Waals surface area contributed by atoms with Crippen molar-refractivity contribution in [2.75, 3.05) is 7.11 Å². The number of hydrogen-bond acceptors (Lipinski definition) is 5. The predicted molar refractivity (Wildman–Crippen MR) is 86.7 cm³/mol. The molecule has 0 radical (unpaired) electrons. The van der Waals surface area contributed by atoms with Crippen LogP contribution in [0, 0.1) is 0 Å². The van der Waals surface area contributed by atoms with Crippen LogP contribution in [0.3, 0.4) is 0 Å². The summed E-state index contributed by atoms with van der Waals surface area (Å²) in [5.74, 6) is 0.252. The van der Waals surface area contributed by atoms with Crippen LogP contribution in [0.5, 0.6) is 5.75 Å². The van der Waals surface area contributed by atoms with Crippen LogP contribution in [-0.2, 0) is 11.3 Å². The van der Waals surface area contributed by atoms with Gasteiger partial charge in [-0.05, 0) is 30.3 Å². The van der Waals surface area contributed by atoms with Crippen LogP contribution < -0.4 is 4.74 Å². The van der Waals surface area contributed by atoms with Gasteiger partial charge in [0, 0.05) is 17.1 Å². The molecular formula is C17H13ClN2O3. The first-order valence-corrected chi connectivity index (χ1v) is 7.26. The van der Waals surface area contributed by atoms with Crippen molar-refractivity contribution in [2.24, 2.45) is 0 Å². The second-order valence-electron chi connectivity index (χ2n) is 4.82. The molecule has 0 saturated heterocycles. The molecule has 0 aliphatic rings. The van der Waals surface area contributed by atoms with Gasteiger partial charge in [0.1, 0.15) is 23.2 Å². The standard InChI is InChI=1S/C17H13ClN2O3/c1-22-13-4-6-14-12(8-13)3-5-15(20-14)17(21)23-10-11-2-7-16(18)19-9-11/h2-9H,10H2,1H3. The van der Waals surface area contributed by atoms with Crippen molar-refractivity contribution in [3.05, 3.63) is 65.1 Å². The Kier molecular flexibility index (Phi) is 4.39. The Balaban J connectivity index is 1.74. The fraction of sp³-hybridized carbons (Fsp3) is 0.118. The number of fused-ring (bicyclic) bond motifs is 1. The summed E-state index contributed by atoms with van der Waals surface area (Å²) in [4.78, 5) is 20.3. The fourth-order valence-corrected chi connectivity index (χ4v) is 2.17. The van der Waals surface area contributed by atoms with Crippen LogP contribution in [0.4, 0.5) is 0 Å². The number of carbonyl (C=O) groups excluding carboxylic acids is 1. The van der Waals surface area contributed by atoms with Crippen LogP contribution in [0.2, 0.25) is 5.15 Å². The van der Waals surface area contributed by atoms with Gasteiger partial charge in [0.15, 0.2) is 0 Å². The molecule has 0 N–H and O–H groups in total. The zero-order chi connectivity index (χ0) is 16.2. The summed E-state index contributed by atoms with van der Waals surface area (Å²) in [6, 6.07) is 12.3. The summed E-state index contributed by atoms with van der Waals surface area (Å²) in [5.41, 5.74) is 1.71. The first kappa shape index (κ1) is 15.2. The van der Waals surface area contributed by atoms with Crippen molar-refractivity contribution in [3.8, 4) is 5.75 Å². The molecule has 0 saturated carbocycles. The molecular weight excluding hydrogens is 316 g/mol. The first-order chi connectivity index (χ1) is 11.2. The van der Waals surface area contributed by atoms with Crippen molar-refractivity contribution in [1.29, 1.82) is 0 Å². The van der Waals surface area contributed by atoms with Gasteiger partial charge in [0.2, 0.25) is 0 Å². The number of methoxy groups -OCH3 is 1. The zero-order valence-corrected chi connectivity index (χ0v) is 13.1. The molecule has 0 aliphatic carbocycles. The maximum Gasteiger partial charge on any atom is 0.357 e. The van der Waals surface area contributed by atoms with E-state index in [0.717, 1.165) is 16.7 Å². The van der Waals surface area contributed by atoms with Crippen LogP contribution in [-0.4, -0.2) is 23.0 Å². The molecule has 6 heteroatoms. The second kappa shape index (κ2) is 6.62. The van der Waals surface area contributed by atoms with Gasteiger partial charge >= 0.3 is 5.97 Å². The number of aromatic nitrogens is 2. The highest BCUT2D eigenvalue weighted by molar-refractivity contribution is 6.29. The van der Waals surface area contributed by atoms with Crippen LogP contribution in [0.15, 0.2) is 48.7 Å². The predicted octanol–water partition coefficient (Wildman–Crippen LogP) is 3.65. The molecule has 0 unspecified atom stereocenters. The summed E-state index contributed by atoms with van der Waals surface area (Å²) >= 11 is 5.71. The fourth-order valence-electron chi connectivity index (χ4n) is 2.06. The molecule has 0 fully saturated rings. The molecule has 116 valence electrons. The number of halogens is 1. The summed E-state index contributed by atoms with van der Waals surface area (Å²) in [6.45, 7) is 0.116. The molecule has 3 rings (SSSR count). The minimum atomic E-state index is -0.488. The third-order valence-corrected chi connectivity index (χ3v) is 3.49. The molecule has 2 heterocycles. The van der Waals surface area contributed by atoms with Crippen LogP contribution in [0.25, 0.3) is 10.9 Å². The van der Waals surface area contributed by atoms with Crippen LogP contribution in [0.1, 0.15) is 16.1 Å². The van der Waals surface area contributed by atoms with Crippen molar-refractivity contribution in [2.45, 2.75) is 6.61 Å². The molecule has 3 aromatic rings. The van der Waals surface area contributed by atoms with Gasteiger partial charge in [-0.25, -0.2) is 14.8 Å². The smallest absolute Gasteiger partial charge is 0.357 e. The van der Waals surface area contributed by atoms with Gasteiger partial charge in [-0.2, -0.15) is 0 Å². The molecule has 2 aromatic heterocycles. The molecule has 0 amide bonds. The number of rotatable bonds is 4. The quantitative estimate of drug-likeness (QED) is 0.540. The Bertz CT molecular complexity index is 850. The Hall–Kier alpha value is -2.66. The maximum absolute atomic E-state index is 12.1. The minimum absolute atomic E-state index is 0.116. The number of benzene rings is 1. The molecule has 5 nitrogen and oxygen atoms in total. The Morgan fingerprint density at radius 1 is 1.17 bits per heavy atom.